The average molecular weight is 257 g/mol. The smallest absolute Gasteiger partial charge is 0.310 e. The van der Waals surface area contributed by atoms with Crippen molar-refractivity contribution in [3.8, 4) is 5.75 Å². The Morgan fingerprint density at radius 3 is 2.71 bits per heavy atom. The van der Waals surface area contributed by atoms with E-state index in [9.17, 15) is 9.59 Å². The monoisotopic (exact) mass is 256 g/mol. The summed E-state index contributed by atoms with van der Waals surface area (Å²) in [4.78, 5) is 22.2. The molecule has 0 aliphatic heterocycles. The van der Waals surface area contributed by atoms with Gasteiger partial charge in [-0.25, -0.2) is 0 Å². The van der Waals surface area contributed by atoms with Crippen LogP contribution in [0.15, 0.2) is 12.1 Å². The molecule has 0 aliphatic carbocycles. The lowest BCUT2D eigenvalue weighted by Gasteiger charge is -2.09. The van der Waals surface area contributed by atoms with Crippen molar-refractivity contribution in [1.82, 2.24) is 0 Å². The zero-order valence-electron chi connectivity index (χ0n) is 9.66. The van der Waals surface area contributed by atoms with E-state index < -0.39 is 0 Å². The topological polar surface area (TPSA) is 52.6 Å². The van der Waals surface area contributed by atoms with Crippen molar-refractivity contribution in [2.75, 3.05) is 13.7 Å². The van der Waals surface area contributed by atoms with E-state index >= 15 is 0 Å². The Morgan fingerprint density at radius 1 is 1.47 bits per heavy atom. The molecular formula is C12H13ClO4. The summed E-state index contributed by atoms with van der Waals surface area (Å²) in [6.45, 7) is 2.03. The summed E-state index contributed by atoms with van der Waals surface area (Å²) >= 11 is 5.88. The molecule has 0 atom stereocenters. The molecule has 0 N–H and O–H groups in total. The van der Waals surface area contributed by atoms with Gasteiger partial charge in [0.2, 0.25) is 0 Å². The Bertz CT molecular complexity index is 429. The van der Waals surface area contributed by atoms with Gasteiger partial charge >= 0.3 is 5.97 Å². The molecule has 5 heteroatoms. The van der Waals surface area contributed by atoms with E-state index in [-0.39, 0.29) is 12.4 Å². The van der Waals surface area contributed by atoms with Crippen molar-refractivity contribution in [2.24, 2.45) is 0 Å². The quantitative estimate of drug-likeness (QED) is 0.599. The Kier molecular flexibility index (Phi) is 4.97. The molecule has 0 amide bonds. The molecule has 4 nitrogen and oxygen atoms in total. The van der Waals surface area contributed by atoms with Crippen LogP contribution in [0.25, 0.3) is 0 Å². The van der Waals surface area contributed by atoms with E-state index in [1.807, 2.05) is 0 Å². The van der Waals surface area contributed by atoms with Crippen LogP contribution in [0.1, 0.15) is 22.8 Å². The predicted molar refractivity (Wildman–Crippen MR) is 63.7 cm³/mol. The molecule has 1 aromatic rings. The average Bonchev–Trinajstić information content (AvgIpc) is 2.31. The van der Waals surface area contributed by atoms with Crippen LogP contribution in [0.5, 0.6) is 5.75 Å². The summed E-state index contributed by atoms with van der Waals surface area (Å²) in [7, 11) is 1.47. The third-order valence-electron chi connectivity index (χ3n) is 2.18. The molecule has 0 fully saturated rings. The highest BCUT2D eigenvalue weighted by Gasteiger charge is 2.12. The fourth-order valence-corrected chi connectivity index (χ4v) is 1.65. The summed E-state index contributed by atoms with van der Waals surface area (Å²) < 4.78 is 9.85. The minimum Gasteiger partial charge on any atom is -0.495 e. The van der Waals surface area contributed by atoms with E-state index in [4.69, 9.17) is 21.1 Å². The minimum atomic E-state index is -0.389. The molecule has 0 saturated carbocycles. The standard InChI is InChI=1S/C12H13ClO4/c1-3-17-12(15)6-8-5-11(16-2)10(13)4-9(8)7-14/h4-5,7H,3,6H2,1-2H3. The van der Waals surface area contributed by atoms with Crippen LogP contribution >= 0.6 is 11.6 Å². The van der Waals surface area contributed by atoms with Crippen molar-refractivity contribution >= 4 is 23.9 Å². The molecule has 0 aliphatic rings. The van der Waals surface area contributed by atoms with Crippen LogP contribution < -0.4 is 4.74 Å². The van der Waals surface area contributed by atoms with Crippen LogP contribution in [0, 0.1) is 0 Å². The van der Waals surface area contributed by atoms with Crippen molar-refractivity contribution in [3.63, 3.8) is 0 Å². The lowest BCUT2D eigenvalue weighted by molar-refractivity contribution is -0.142. The summed E-state index contributed by atoms with van der Waals surface area (Å²) in [6, 6.07) is 3.05. The molecule has 0 spiro atoms. The molecule has 17 heavy (non-hydrogen) atoms. The molecule has 1 aromatic carbocycles. The molecular weight excluding hydrogens is 244 g/mol. The van der Waals surface area contributed by atoms with Gasteiger partial charge in [0.05, 0.1) is 25.2 Å². The highest BCUT2D eigenvalue weighted by atomic mass is 35.5. The second kappa shape index (κ2) is 6.25. The largest absolute Gasteiger partial charge is 0.495 e. The second-order valence-electron chi connectivity index (χ2n) is 3.29. The van der Waals surface area contributed by atoms with E-state index in [2.05, 4.69) is 0 Å². The lowest BCUT2D eigenvalue weighted by atomic mass is 10.1. The number of halogens is 1. The van der Waals surface area contributed by atoms with E-state index in [1.54, 1.807) is 13.0 Å². The van der Waals surface area contributed by atoms with Gasteiger partial charge in [0.1, 0.15) is 12.0 Å². The third-order valence-corrected chi connectivity index (χ3v) is 2.48. The molecule has 0 unspecified atom stereocenters. The minimum absolute atomic E-state index is 0.0233. The Labute approximate surface area is 104 Å². The maximum Gasteiger partial charge on any atom is 0.310 e. The van der Waals surface area contributed by atoms with Crippen molar-refractivity contribution in [3.05, 3.63) is 28.3 Å². The van der Waals surface area contributed by atoms with Crippen LogP contribution in [0.2, 0.25) is 5.02 Å². The SMILES string of the molecule is CCOC(=O)Cc1cc(OC)c(Cl)cc1C=O. The van der Waals surface area contributed by atoms with Gasteiger partial charge in [0, 0.05) is 5.56 Å². The number of hydrogen-bond donors (Lipinski definition) is 0. The summed E-state index contributed by atoms with van der Waals surface area (Å²) in [5, 5.41) is 0.335. The van der Waals surface area contributed by atoms with Gasteiger partial charge in [0.15, 0.2) is 0 Å². The highest BCUT2D eigenvalue weighted by molar-refractivity contribution is 6.32. The summed E-state index contributed by atoms with van der Waals surface area (Å²) in [5.41, 5.74) is 0.906. The van der Waals surface area contributed by atoms with Gasteiger partial charge in [-0.1, -0.05) is 11.6 Å². The number of aldehydes is 1. The van der Waals surface area contributed by atoms with Gasteiger partial charge < -0.3 is 9.47 Å². The molecule has 0 radical (unpaired) electrons. The van der Waals surface area contributed by atoms with E-state index in [0.29, 0.717) is 34.8 Å². The van der Waals surface area contributed by atoms with Gasteiger partial charge in [0.25, 0.3) is 0 Å². The van der Waals surface area contributed by atoms with Gasteiger partial charge in [-0.2, -0.15) is 0 Å². The van der Waals surface area contributed by atoms with Crippen molar-refractivity contribution in [1.29, 1.82) is 0 Å². The highest BCUT2D eigenvalue weighted by Crippen LogP contribution is 2.27. The fourth-order valence-electron chi connectivity index (χ4n) is 1.40. The van der Waals surface area contributed by atoms with Crippen LogP contribution in [0.4, 0.5) is 0 Å². The van der Waals surface area contributed by atoms with Gasteiger partial charge in [-0.05, 0) is 24.6 Å². The summed E-state index contributed by atoms with van der Waals surface area (Å²) in [6.07, 6.45) is 0.676. The molecule has 92 valence electrons. The third kappa shape index (κ3) is 3.46. The number of esters is 1. The Morgan fingerprint density at radius 2 is 2.18 bits per heavy atom. The van der Waals surface area contributed by atoms with E-state index in [0.717, 1.165) is 0 Å². The van der Waals surface area contributed by atoms with E-state index in [1.165, 1.54) is 13.2 Å². The summed E-state index contributed by atoms with van der Waals surface area (Å²) in [5.74, 6) is 0.0385. The van der Waals surface area contributed by atoms with Gasteiger partial charge in [-0.15, -0.1) is 0 Å². The van der Waals surface area contributed by atoms with Crippen molar-refractivity contribution < 1.29 is 19.1 Å². The van der Waals surface area contributed by atoms with Crippen molar-refractivity contribution in [2.45, 2.75) is 13.3 Å². The first-order valence-corrected chi connectivity index (χ1v) is 5.47. The normalized spacial score (nSPS) is 9.82. The number of ether oxygens (including phenoxy) is 2. The van der Waals surface area contributed by atoms with Gasteiger partial charge in [-0.3, -0.25) is 9.59 Å². The number of hydrogen-bond acceptors (Lipinski definition) is 4. The first kappa shape index (κ1) is 13.5. The fraction of sp³-hybridized carbons (Fsp3) is 0.333. The Hall–Kier alpha value is -1.55. The first-order valence-electron chi connectivity index (χ1n) is 5.09. The number of rotatable bonds is 5. The zero-order valence-corrected chi connectivity index (χ0v) is 10.4. The van der Waals surface area contributed by atoms with Crippen LogP contribution in [-0.4, -0.2) is 26.0 Å². The molecule has 0 saturated heterocycles. The van der Waals surface area contributed by atoms with Crippen LogP contribution in [0.3, 0.4) is 0 Å². The maximum absolute atomic E-state index is 11.4. The molecule has 1 rings (SSSR count). The lowest BCUT2D eigenvalue weighted by Crippen LogP contribution is -2.09. The molecule has 0 aromatic heterocycles. The number of benzene rings is 1. The Balaban J connectivity index is 3.04. The number of methoxy groups -OCH3 is 1. The zero-order chi connectivity index (χ0) is 12.8. The number of carbonyl (C=O) groups excluding carboxylic acids is 2. The first-order chi connectivity index (χ1) is 8.12. The van der Waals surface area contributed by atoms with Crippen LogP contribution in [-0.2, 0) is 16.0 Å². The molecule has 0 heterocycles. The second-order valence-corrected chi connectivity index (χ2v) is 3.69. The maximum atomic E-state index is 11.4. The molecule has 0 bridgehead atoms. The number of carbonyl (C=O) groups is 2. The predicted octanol–water partition coefficient (Wildman–Crippen LogP) is 2.27.